The van der Waals surface area contributed by atoms with Crippen LogP contribution in [0.4, 0.5) is 0 Å². The van der Waals surface area contributed by atoms with Gasteiger partial charge in [-0.05, 0) is 55.7 Å². The number of fused-ring (bicyclic) bond motifs is 1. The van der Waals surface area contributed by atoms with E-state index in [4.69, 9.17) is 4.74 Å². The summed E-state index contributed by atoms with van der Waals surface area (Å²) in [6.45, 7) is 6.01. The van der Waals surface area contributed by atoms with Gasteiger partial charge in [0, 0.05) is 26.7 Å². The Balaban J connectivity index is 0.00000225. The second-order valence-corrected chi connectivity index (χ2v) is 7.01. The van der Waals surface area contributed by atoms with Gasteiger partial charge in [0.2, 0.25) is 0 Å². The third-order valence-electron chi connectivity index (χ3n) is 5.39. The van der Waals surface area contributed by atoms with Crippen LogP contribution in [0.1, 0.15) is 38.2 Å². The lowest BCUT2D eigenvalue weighted by Gasteiger charge is -2.22. The van der Waals surface area contributed by atoms with E-state index in [0.717, 1.165) is 36.5 Å². The maximum atomic E-state index is 5.58. The highest BCUT2D eigenvalue weighted by atomic mass is 127. The van der Waals surface area contributed by atoms with Crippen LogP contribution in [-0.4, -0.2) is 44.1 Å². The normalized spacial score (nSPS) is 23.0. The van der Waals surface area contributed by atoms with Gasteiger partial charge in [0.1, 0.15) is 5.75 Å². The molecule has 0 amide bonds. The molecule has 0 bridgehead atoms. The summed E-state index contributed by atoms with van der Waals surface area (Å²) in [5, 5.41) is 3.56. The third-order valence-corrected chi connectivity index (χ3v) is 5.39. The van der Waals surface area contributed by atoms with Crippen LogP contribution in [0.2, 0.25) is 0 Å². The van der Waals surface area contributed by atoms with Crippen LogP contribution in [0, 0.1) is 11.8 Å². The second kappa shape index (κ2) is 10.2. The summed E-state index contributed by atoms with van der Waals surface area (Å²) in [5.74, 6) is 3.81. The predicted octanol–water partition coefficient (Wildman–Crippen LogP) is 3.94. The number of likely N-dealkylation sites (tertiary alicyclic amines) is 1. The zero-order valence-electron chi connectivity index (χ0n) is 15.5. The summed E-state index contributed by atoms with van der Waals surface area (Å²) in [5.41, 5.74) is 1.30. The van der Waals surface area contributed by atoms with Crippen LogP contribution in [0.3, 0.4) is 0 Å². The van der Waals surface area contributed by atoms with Crippen molar-refractivity contribution in [2.75, 3.05) is 33.3 Å². The van der Waals surface area contributed by atoms with Crippen LogP contribution >= 0.6 is 24.0 Å². The molecule has 1 aliphatic heterocycles. The molecule has 5 heteroatoms. The van der Waals surface area contributed by atoms with Crippen molar-refractivity contribution in [2.24, 2.45) is 16.8 Å². The molecule has 2 atom stereocenters. The van der Waals surface area contributed by atoms with Crippen molar-refractivity contribution in [3.8, 4) is 5.75 Å². The van der Waals surface area contributed by atoms with E-state index in [2.05, 4.69) is 33.4 Å². The number of aliphatic imine (C=N–C) groups is 1. The lowest BCUT2D eigenvalue weighted by molar-refractivity contribution is 0.299. The summed E-state index contributed by atoms with van der Waals surface area (Å²) in [7, 11) is 1.90. The van der Waals surface area contributed by atoms with Crippen molar-refractivity contribution >= 4 is 29.9 Å². The van der Waals surface area contributed by atoms with Gasteiger partial charge < -0.3 is 15.0 Å². The van der Waals surface area contributed by atoms with Crippen molar-refractivity contribution in [1.82, 2.24) is 10.2 Å². The van der Waals surface area contributed by atoms with Gasteiger partial charge in [-0.1, -0.05) is 25.0 Å². The number of ether oxygens (including phenoxy) is 1. The van der Waals surface area contributed by atoms with E-state index in [1.165, 1.54) is 44.3 Å². The fourth-order valence-electron chi connectivity index (χ4n) is 4.19. The van der Waals surface area contributed by atoms with Gasteiger partial charge in [0.15, 0.2) is 5.96 Å². The monoisotopic (exact) mass is 457 g/mol. The Bertz CT molecular complexity index is 550. The topological polar surface area (TPSA) is 36.9 Å². The van der Waals surface area contributed by atoms with Crippen molar-refractivity contribution in [1.29, 1.82) is 0 Å². The molecule has 2 fully saturated rings. The first-order chi connectivity index (χ1) is 11.8. The Labute approximate surface area is 169 Å². The van der Waals surface area contributed by atoms with Gasteiger partial charge in [-0.2, -0.15) is 0 Å². The Morgan fingerprint density at radius 3 is 2.60 bits per heavy atom. The highest BCUT2D eigenvalue weighted by molar-refractivity contribution is 14.0. The lowest BCUT2D eigenvalue weighted by Crippen LogP contribution is -2.41. The molecule has 25 heavy (non-hydrogen) atoms. The number of nitrogens with one attached hydrogen (secondary N) is 1. The molecule has 1 saturated heterocycles. The van der Waals surface area contributed by atoms with Gasteiger partial charge in [0.25, 0.3) is 0 Å². The molecule has 2 aliphatic rings. The number of hydrogen-bond acceptors (Lipinski definition) is 2. The molecule has 1 aliphatic carbocycles. The van der Waals surface area contributed by atoms with Gasteiger partial charge in [0.05, 0.1) is 6.61 Å². The zero-order valence-corrected chi connectivity index (χ0v) is 17.9. The number of nitrogens with zero attached hydrogens (tertiary/aromatic N) is 2. The number of rotatable bonds is 5. The van der Waals surface area contributed by atoms with Crippen LogP contribution in [0.5, 0.6) is 5.75 Å². The molecule has 3 rings (SSSR count). The molecule has 1 heterocycles. The van der Waals surface area contributed by atoms with Crippen LogP contribution < -0.4 is 10.1 Å². The van der Waals surface area contributed by atoms with E-state index in [-0.39, 0.29) is 24.0 Å². The first kappa shape index (κ1) is 20.3. The molecule has 1 N–H and O–H groups in total. The number of benzene rings is 1. The standard InChI is InChI=1S/C20H31N3O.HI/c1-3-24-19-10-6-7-16(13-19)11-12-22-20(21-2)23-14-17-8-4-5-9-18(17)15-23;/h6-7,10,13,17-18H,3-5,8-9,11-12,14-15H2,1-2H3,(H,21,22);1H. The third kappa shape index (κ3) is 5.50. The summed E-state index contributed by atoms with van der Waals surface area (Å²) < 4.78 is 5.58. The molecule has 1 aromatic rings. The fraction of sp³-hybridized carbons (Fsp3) is 0.650. The highest BCUT2D eigenvalue weighted by Crippen LogP contribution is 2.35. The maximum Gasteiger partial charge on any atom is 0.193 e. The molecule has 140 valence electrons. The largest absolute Gasteiger partial charge is 0.494 e. The van der Waals surface area contributed by atoms with E-state index in [1.807, 2.05) is 20.0 Å². The molecule has 1 aromatic carbocycles. The van der Waals surface area contributed by atoms with E-state index in [1.54, 1.807) is 0 Å². The zero-order chi connectivity index (χ0) is 16.8. The minimum Gasteiger partial charge on any atom is -0.494 e. The fourth-order valence-corrected chi connectivity index (χ4v) is 4.19. The number of hydrogen-bond donors (Lipinski definition) is 1. The van der Waals surface area contributed by atoms with Gasteiger partial charge in [-0.15, -0.1) is 24.0 Å². The molecule has 2 unspecified atom stereocenters. The van der Waals surface area contributed by atoms with Crippen LogP contribution in [0.15, 0.2) is 29.3 Å². The summed E-state index contributed by atoms with van der Waals surface area (Å²) >= 11 is 0. The molecule has 0 aromatic heterocycles. The Kier molecular flexibility index (Phi) is 8.33. The minimum atomic E-state index is 0. The van der Waals surface area contributed by atoms with Crippen molar-refractivity contribution < 1.29 is 4.74 Å². The maximum absolute atomic E-state index is 5.58. The molecule has 1 saturated carbocycles. The number of guanidine groups is 1. The van der Waals surface area contributed by atoms with Crippen molar-refractivity contribution in [3.05, 3.63) is 29.8 Å². The first-order valence-electron chi connectivity index (χ1n) is 9.47. The van der Waals surface area contributed by atoms with E-state index in [9.17, 15) is 0 Å². The van der Waals surface area contributed by atoms with Gasteiger partial charge in [-0.25, -0.2) is 0 Å². The van der Waals surface area contributed by atoms with E-state index in [0.29, 0.717) is 6.61 Å². The SMILES string of the molecule is CCOc1cccc(CCNC(=NC)N2CC3CCCCC3C2)c1.I. The summed E-state index contributed by atoms with van der Waals surface area (Å²) in [6, 6.07) is 8.39. The second-order valence-electron chi connectivity index (χ2n) is 7.01. The van der Waals surface area contributed by atoms with Gasteiger partial charge >= 0.3 is 0 Å². The van der Waals surface area contributed by atoms with E-state index < -0.39 is 0 Å². The molecule has 0 spiro atoms. The summed E-state index contributed by atoms with van der Waals surface area (Å²) in [4.78, 5) is 6.98. The molecule has 0 radical (unpaired) electrons. The lowest BCUT2D eigenvalue weighted by atomic mass is 9.82. The highest BCUT2D eigenvalue weighted by Gasteiger charge is 2.35. The quantitative estimate of drug-likeness (QED) is 0.414. The van der Waals surface area contributed by atoms with E-state index >= 15 is 0 Å². The Morgan fingerprint density at radius 1 is 1.24 bits per heavy atom. The smallest absolute Gasteiger partial charge is 0.193 e. The van der Waals surface area contributed by atoms with Crippen molar-refractivity contribution in [2.45, 2.75) is 39.0 Å². The molecular weight excluding hydrogens is 425 g/mol. The predicted molar refractivity (Wildman–Crippen MR) is 115 cm³/mol. The number of halogens is 1. The van der Waals surface area contributed by atoms with Crippen LogP contribution in [-0.2, 0) is 6.42 Å². The first-order valence-corrected chi connectivity index (χ1v) is 9.47. The minimum absolute atomic E-state index is 0. The summed E-state index contributed by atoms with van der Waals surface area (Å²) in [6.07, 6.45) is 6.62. The average Bonchev–Trinajstić information content (AvgIpc) is 3.03. The molecular formula is C20H32IN3O. The van der Waals surface area contributed by atoms with Crippen molar-refractivity contribution in [3.63, 3.8) is 0 Å². The van der Waals surface area contributed by atoms with Crippen LogP contribution in [0.25, 0.3) is 0 Å². The Morgan fingerprint density at radius 2 is 1.96 bits per heavy atom. The average molecular weight is 457 g/mol. The molecule has 4 nitrogen and oxygen atoms in total. The Hall–Kier alpha value is -0.980. The van der Waals surface area contributed by atoms with Gasteiger partial charge in [-0.3, -0.25) is 4.99 Å².